The van der Waals surface area contributed by atoms with Crippen LogP contribution in [0.4, 0.5) is 0 Å². The molecule has 28 heavy (non-hydrogen) atoms. The molecule has 0 aliphatic heterocycles. The molecule has 1 saturated carbocycles. The minimum Gasteiger partial charge on any atom is -0.481 e. The van der Waals surface area contributed by atoms with Gasteiger partial charge in [0, 0.05) is 10.3 Å². The number of rotatable bonds is 3. The molecule has 0 radical (unpaired) electrons. The highest BCUT2D eigenvalue weighted by Gasteiger charge is 2.36. The van der Waals surface area contributed by atoms with Crippen LogP contribution in [0.2, 0.25) is 0 Å². The van der Waals surface area contributed by atoms with E-state index >= 15 is 0 Å². The number of hydrogen-bond acceptors (Lipinski definition) is 4. The lowest BCUT2D eigenvalue weighted by atomic mass is 9.72. The molecule has 1 aromatic heterocycles. The van der Waals surface area contributed by atoms with Gasteiger partial charge in [-0.3, -0.25) is 25.2 Å². The molecule has 2 aliphatic carbocycles. The van der Waals surface area contributed by atoms with Crippen molar-refractivity contribution in [3.63, 3.8) is 0 Å². The van der Waals surface area contributed by atoms with Crippen LogP contribution in [-0.4, -0.2) is 22.9 Å². The lowest BCUT2D eigenvalue weighted by molar-refractivity contribution is -0.149. The number of carboxylic acid groups (broad SMARTS) is 1. The van der Waals surface area contributed by atoms with Gasteiger partial charge in [0.15, 0.2) is 0 Å². The van der Waals surface area contributed by atoms with E-state index in [0.717, 1.165) is 37.7 Å². The molecule has 1 fully saturated rings. The van der Waals surface area contributed by atoms with Crippen LogP contribution in [0, 0.1) is 23.2 Å². The molecule has 2 aliphatic rings. The normalized spacial score (nSPS) is 24.9. The summed E-state index contributed by atoms with van der Waals surface area (Å²) in [4.78, 5) is 37.7. The summed E-state index contributed by atoms with van der Waals surface area (Å²) in [5.41, 5.74) is 6.95. The first kappa shape index (κ1) is 20.8. The highest BCUT2D eigenvalue weighted by molar-refractivity contribution is 7.10. The Morgan fingerprint density at radius 2 is 1.75 bits per heavy atom. The third-order valence-electron chi connectivity index (χ3n) is 6.34. The van der Waals surface area contributed by atoms with E-state index in [1.54, 1.807) is 11.3 Å². The van der Waals surface area contributed by atoms with Crippen molar-refractivity contribution in [1.82, 2.24) is 10.9 Å². The number of nitrogens with one attached hydrogen (secondary N) is 2. The SMILES string of the molecule is CC(C)(C)[C@@H]1CCc2c(C(=O)NNC(=O)[C@H]3CCCC[C@H]3C(=O)O)csc2C1. The van der Waals surface area contributed by atoms with Crippen molar-refractivity contribution in [2.24, 2.45) is 23.2 Å². The molecule has 0 saturated heterocycles. The molecule has 0 spiro atoms. The number of hydrogen-bond donors (Lipinski definition) is 3. The lowest BCUT2D eigenvalue weighted by Gasteiger charge is -2.34. The zero-order valence-electron chi connectivity index (χ0n) is 16.8. The van der Waals surface area contributed by atoms with Crippen LogP contribution >= 0.6 is 11.3 Å². The second kappa shape index (κ2) is 8.23. The van der Waals surface area contributed by atoms with Gasteiger partial charge >= 0.3 is 5.97 Å². The summed E-state index contributed by atoms with van der Waals surface area (Å²) in [6.45, 7) is 6.78. The zero-order chi connectivity index (χ0) is 20.5. The van der Waals surface area contributed by atoms with Crippen LogP contribution in [0.25, 0.3) is 0 Å². The summed E-state index contributed by atoms with van der Waals surface area (Å²) in [6.07, 6.45) is 5.64. The quantitative estimate of drug-likeness (QED) is 0.669. The van der Waals surface area contributed by atoms with Gasteiger partial charge in [-0.1, -0.05) is 33.6 Å². The van der Waals surface area contributed by atoms with Crippen molar-refractivity contribution in [1.29, 1.82) is 0 Å². The van der Waals surface area contributed by atoms with E-state index in [2.05, 4.69) is 31.6 Å². The molecule has 2 amide bonds. The van der Waals surface area contributed by atoms with Crippen molar-refractivity contribution in [3.8, 4) is 0 Å². The maximum absolute atomic E-state index is 12.6. The van der Waals surface area contributed by atoms with Gasteiger partial charge in [0.2, 0.25) is 5.91 Å². The fourth-order valence-electron chi connectivity index (χ4n) is 4.46. The van der Waals surface area contributed by atoms with E-state index in [-0.39, 0.29) is 11.3 Å². The average Bonchev–Trinajstić information content (AvgIpc) is 3.08. The van der Waals surface area contributed by atoms with Gasteiger partial charge in [0.05, 0.1) is 17.4 Å². The van der Waals surface area contributed by atoms with Gasteiger partial charge in [-0.15, -0.1) is 11.3 Å². The third-order valence-corrected chi connectivity index (χ3v) is 7.40. The molecule has 3 atom stereocenters. The van der Waals surface area contributed by atoms with E-state index in [1.807, 2.05) is 5.38 Å². The Hall–Kier alpha value is -1.89. The second-order valence-corrected chi connectivity index (χ2v) is 10.1. The van der Waals surface area contributed by atoms with Crippen LogP contribution in [0.3, 0.4) is 0 Å². The fourth-order valence-corrected chi connectivity index (χ4v) is 5.62. The number of carboxylic acids is 1. The second-order valence-electron chi connectivity index (χ2n) is 9.14. The summed E-state index contributed by atoms with van der Waals surface area (Å²) < 4.78 is 0. The molecular formula is C21H30N2O4S. The highest BCUT2D eigenvalue weighted by atomic mass is 32.1. The van der Waals surface area contributed by atoms with Gasteiger partial charge in [-0.2, -0.15) is 0 Å². The van der Waals surface area contributed by atoms with Crippen LogP contribution in [0.15, 0.2) is 5.38 Å². The molecule has 0 aromatic carbocycles. The van der Waals surface area contributed by atoms with Crippen LogP contribution in [0.1, 0.15) is 73.7 Å². The molecule has 0 unspecified atom stereocenters. The van der Waals surface area contributed by atoms with Crippen molar-refractivity contribution in [2.45, 2.75) is 65.7 Å². The van der Waals surface area contributed by atoms with E-state index < -0.39 is 23.7 Å². The summed E-state index contributed by atoms with van der Waals surface area (Å²) in [5, 5.41) is 11.2. The van der Waals surface area contributed by atoms with E-state index in [9.17, 15) is 19.5 Å². The van der Waals surface area contributed by atoms with Crippen LogP contribution < -0.4 is 10.9 Å². The first-order valence-electron chi connectivity index (χ1n) is 10.1. The van der Waals surface area contributed by atoms with Gasteiger partial charge in [0.25, 0.3) is 5.91 Å². The number of aliphatic carboxylic acids is 1. The highest BCUT2D eigenvalue weighted by Crippen LogP contribution is 2.40. The van der Waals surface area contributed by atoms with Crippen LogP contribution in [0.5, 0.6) is 0 Å². The maximum atomic E-state index is 12.6. The number of fused-ring (bicyclic) bond motifs is 1. The average molecular weight is 407 g/mol. The van der Waals surface area contributed by atoms with Crippen LogP contribution in [-0.2, 0) is 22.4 Å². The molecule has 3 rings (SSSR count). The molecule has 6 nitrogen and oxygen atoms in total. The summed E-state index contributed by atoms with van der Waals surface area (Å²) in [6, 6.07) is 0. The molecule has 1 heterocycles. The Bertz CT molecular complexity index is 765. The largest absolute Gasteiger partial charge is 0.481 e. The Balaban J connectivity index is 1.61. The van der Waals surface area contributed by atoms with E-state index in [4.69, 9.17) is 0 Å². The number of carbonyl (C=O) groups excluding carboxylic acids is 2. The Labute approximate surface area is 170 Å². The van der Waals surface area contributed by atoms with Crippen molar-refractivity contribution in [3.05, 3.63) is 21.4 Å². The monoisotopic (exact) mass is 406 g/mol. The fraction of sp³-hybridized carbons (Fsp3) is 0.667. The Morgan fingerprint density at radius 3 is 2.39 bits per heavy atom. The topological polar surface area (TPSA) is 95.5 Å². The smallest absolute Gasteiger partial charge is 0.307 e. The molecule has 3 N–H and O–H groups in total. The first-order chi connectivity index (χ1) is 13.2. The number of thiophene rings is 1. The van der Waals surface area contributed by atoms with E-state index in [1.165, 1.54) is 4.88 Å². The minimum absolute atomic E-state index is 0.249. The van der Waals surface area contributed by atoms with Crippen molar-refractivity contribution < 1.29 is 19.5 Å². The minimum atomic E-state index is -0.938. The summed E-state index contributed by atoms with van der Waals surface area (Å²) in [7, 11) is 0. The molecule has 1 aromatic rings. The van der Waals surface area contributed by atoms with Gasteiger partial charge in [0.1, 0.15) is 0 Å². The van der Waals surface area contributed by atoms with Gasteiger partial charge in [-0.25, -0.2) is 0 Å². The predicted octanol–water partition coefficient (Wildman–Crippen LogP) is 3.55. The standard InChI is InChI=1S/C21H30N2O4S/c1-21(2,3)12-8-9-13-16(11-28-17(13)10-12)19(25)23-22-18(24)14-6-4-5-7-15(14)20(26)27/h11-12,14-15H,4-10H2,1-3H3,(H,22,24)(H,23,25)(H,26,27)/t12-,14+,15-/m1/s1. The van der Waals surface area contributed by atoms with Crippen molar-refractivity contribution in [2.75, 3.05) is 0 Å². The molecule has 0 bridgehead atoms. The third kappa shape index (κ3) is 4.40. The summed E-state index contributed by atoms with van der Waals surface area (Å²) >= 11 is 1.62. The zero-order valence-corrected chi connectivity index (χ0v) is 17.7. The number of carbonyl (C=O) groups is 3. The first-order valence-corrected chi connectivity index (χ1v) is 11.0. The molecule has 154 valence electrons. The van der Waals surface area contributed by atoms with Crippen molar-refractivity contribution >= 4 is 29.1 Å². The maximum Gasteiger partial charge on any atom is 0.307 e. The predicted molar refractivity (Wildman–Crippen MR) is 108 cm³/mol. The Kier molecular flexibility index (Phi) is 6.12. The molecule has 7 heteroatoms. The van der Waals surface area contributed by atoms with E-state index in [0.29, 0.717) is 24.3 Å². The number of hydrazine groups is 1. The van der Waals surface area contributed by atoms with Gasteiger partial charge in [-0.05, 0) is 49.0 Å². The number of amides is 2. The van der Waals surface area contributed by atoms with Gasteiger partial charge < -0.3 is 5.11 Å². The Morgan fingerprint density at radius 1 is 1.07 bits per heavy atom. The lowest BCUT2D eigenvalue weighted by Crippen LogP contribution is -2.48. The molecular weight excluding hydrogens is 376 g/mol. The summed E-state index contributed by atoms with van der Waals surface area (Å²) in [5.74, 6) is -2.32.